The summed E-state index contributed by atoms with van der Waals surface area (Å²) in [5.41, 5.74) is 1.67. The Morgan fingerprint density at radius 1 is 1.07 bits per heavy atom. The van der Waals surface area contributed by atoms with Crippen molar-refractivity contribution in [3.8, 4) is 0 Å². The number of halogens is 1. The monoisotopic (exact) mass is 406 g/mol. The number of rotatable bonds is 3. The number of amides is 3. The first-order chi connectivity index (χ1) is 14.4. The molecule has 0 saturated heterocycles. The highest BCUT2D eigenvalue weighted by Crippen LogP contribution is 2.28. The molecule has 4 rings (SSSR count). The van der Waals surface area contributed by atoms with Crippen LogP contribution in [0, 0.1) is 12.7 Å². The molecule has 1 aliphatic heterocycles. The molecule has 8 heteroatoms. The summed E-state index contributed by atoms with van der Waals surface area (Å²) < 4.78 is 19.9. The Morgan fingerprint density at radius 2 is 1.77 bits per heavy atom. The number of benzodiazepines with no additional fused rings is 1. The van der Waals surface area contributed by atoms with Gasteiger partial charge in [-0.1, -0.05) is 30.3 Å². The second kappa shape index (κ2) is 7.82. The first-order valence-electron chi connectivity index (χ1n) is 9.27. The van der Waals surface area contributed by atoms with Crippen molar-refractivity contribution in [1.82, 2.24) is 5.32 Å². The van der Waals surface area contributed by atoms with Crippen LogP contribution in [0.4, 0.5) is 20.8 Å². The lowest BCUT2D eigenvalue weighted by Crippen LogP contribution is -2.47. The third kappa shape index (κ3) is 3.67. The Hall–Kier alpha value is -3.94. The number of carbonyl (C=O) groups excluding carboxylic acids is 2. The summed E-state index contributed by atoms with van der Waals surface area (Å²) in [6, 6.07) is 15.9. The van der Waals surface area contributed by atoms with Gasteiger partial charge in [0.1, 0.15) is 11.6 Å². The number of likely N-dealkylation sites (N-methyl/N-ethyl adjacent to an activating group) is 1. The van der Waals surface area contributed by atoms with Crippen molar-refractivity contribution in [3.05, 3.63) is 83.4 Å². The molecule has 30 heavy (non-hydrogen) atoms. The molecule has 0 aliphatic carbocycles. The maximum Gasteiger partial charge on any atom is 0.323 e. The molecule has 0 radical (unpaired) electrons. The molecule has 1 aromatic heterocycles. The second-order valence-electron chi connectivity index (χ2n) is 6.78. The Bertz CT molecular complexity index is 1150. The van der Waals surface area contributed by atoms with Gasteiger partial charge in [0.05, 0.1) is 11.4 Å². The minimum Gasteiger partial charge on any atom is -0.446 e. The lowest BCUT2D eigenvalue weighted by molar-refractivity contribution is -0.119. The van der Waals surface area contributed by atoms with Crippen molar-refractivity contribution in [2.75, 3.05) is 17.3 Å². The van der Waals surface area contributed by atoms with Gasteiger partial charge in [-0.3, -0.25) is 10.1 Å². The molecule has 7 nitrogen and oxygen atoms in total. The van der Waals surface area contributed by atoms with E-state index in [1.54, 1.807) is 68.6 Å². The summed E-state index contributed by atoms with van der Waals surface area (Å²) in [4.78, 5) is 31.3. The summed E-state index contributed by atoms with van der Waals surface area (Å²) in [6.45, 7) is 1.75. The predicted octanol–water partition coefficient (Wildman–Crippen LogP) is 3.69. The number of benzene rings is 2. The van der Waals surface area contributed by atoms with Crippen LogP contribution in [0.3, 0.4) is 0 Å². The average molecular weight is 406 g/mol. The molecule has 0 fully saturated rings. The van der Waals surface area contributed by atoms with Gasteiger partial charge >= 0.3 is 6.03 Å². The molecule has 152 valence electrons. The van der Waals surface area contributed by atoms with Gasteiger partial charge in [-0.2, -0.15) is 0 Å². The van der Waals surface area contributed by atoms with Gasteiger partial charge in [0, 0.05) is 24.2 Å². The van der Waals surface area contributed by atoms with Crippen molar-refractivity contribution in [2.45, 2.75) is 13.1 Å². The van der Waals surface area contributed by atoms with E-state index >= 15 is 0 Å². The summed E-state index contributed by atoms with van der Waals surface area (Å²) in [5, 5.41) is 5.06. The average Bonchev–Trinajstić information content (AvgIpc) is 3.11. The summed E-state index contributed by atoms with van der Waals surface area (Å²) in [6.07, 6.45) is -1.26. The molecule has 1 unspecified atom stereocenters. The SMILES string of the molecule is Cc1ccc(NC(=O)NC2N=C(c3ccccc3F)c3ccccc3N(C)C2=O)o1. The van der Waals surface area contributed by atoms with E-state index in [1.807, 2.05) is 0 Å². The topological polar surface area (TPSA) is 86.9 Å². The molecule has 1 aliphatic rings. The van der Waals surface area contributed by atoms with E-state index < -0.39 is 23.9 Å². The van der Waals surface area contributed by atoms with Crippen molar-refractivity contribution < 1.29 is 18.4 Å². The fourth-order valence-electron chi connectivity index (χ4n) is 3.26. The Balaban J connectivity index is 1.73. The molecule has 0 bridgehead atoms. The van der Waals surface area contributed by atoms with Gasteiger partial charge in [0.15, 0.2) is 0 Å². The number of anilines is 2. The highest BCUT2D eigenvalue weighted by atomic mass is 19.1. The number of aliphatic imine (C=N–C) groups is 1. The fraction of sp³-hybridized carbons (Fsp3) is 0.136. The normalized spacial score (nSPS) is 15.8. The van der Waals surface area contributed by atoms with E-state index in [0.29, 0.717) is 17.0 Å². The van der Waals surface area contributed by atoms with Gasteiger partial charge in [-0.05, 0) is 31.2 Å². The van der Waals surface area contributed by atoms with E-state index in [1.165, 1.54) is 11.0 Å². The van der Waals surface area contributed by atoms with E-state index in [2.05, 4.69) is 15.6 Å². The third-order valence-corrected chi connectivity index (χ3v) is 4.72. The van der Waals surface area contributed by atoms with Crippen molar-refractivity contribution >= 4 is 29.2 Å². The third-order valence-electron chi connectivity index (χ3n) is 4.72. The quantitative estimate of drug-likeness (QED) is 0.696. The van der Waals surface area contributed by atoms with Crippen LogP contribution in [0.25, 0.3) is 0 Å². The maximum atomic E-state index is 14.6. The molecule has 0 saturated carbocycles. The highest BCUT2D eigenvalue weighted by Gasteiger charge is 2.31. The lowest BCUT2D eigenvalue weighted by Gasteiger charge is -2.20. The number of carbonyl (C=O) groups is 2. The minimum absolute atomic E-state index is 0.237. The summed E-state index contributed by atoms with van der Waals surface area (Å²) in [7, 11) is 1.59. The lowest BCUT2D eigenvalue weighted by atomic mass is 10.00. The smallest absolute Gasteiger partial charge is 0.323 e. The van der Waals surface area contributed by atoms with E-state index in [9.17, 15) is 14.0 Å². The van der Waals surface area contributed by atoms with Crippen LogP contribution >= 0.6 is 0 Å². The standard InChI is InChI=1S/C22H19FN4O3/c1-13-11-12-18(30-13)24-22(29)26-20-21(28)27(2)17-10-6-4-8-15(17)19(25-20)14-7-3-5-9-16(14)23/h3-12,20H,1-2H3,(H2,24,26,29). The van der Waals surface area contributed by atoms with Crippen LogP contribution < -0.4 is 15.5 Å². The molecule has 1 atom stereocenters. The van der Waals surface area contributed by atoms with Gasteiger partial charge in [0.2, 0.25) is 12.0 Å². The van der Waals surface area contributed by atoms with Gasteiger partial charge in [-0.25, -0.2) is 14.2 Å². The van der Waals surface area contributed by atoms with Crippen LogP contribution in [0.2, 0.25) is 0 Å². The van der Waals surface area contributed by atoms with E-state index in [4.69, 9.17) is 4.42 Å². The molecular formula is C22H19FN4O3. The Morgan fingerprint density at radius 3 is 2.47 bits per heavy atom. The van der Waals surface area contributed by atoms with E-state index in [0.717, 1.165) is 0 Å². The number of hydrogen-bond donors (Lipinski definition) is 2. The number of hydrogen-bond acceptors (Lipinski definition) is 4. The largest absolute Gasteiger partial charge is 0.446 e. The Labute approximate surface area is 172 Å². The van der Waals surface area contributed by atoms with Crippen LogP contribution in [-0.4, -0.2) is 30.9 Å². The van der Waals surface area contributed by atoms with Crippen LogP contribution in [0.15, 0.2) is 70.1 Å². The van der Waals surface area contributed by atoms with Crippen molar-refractivity contribution in [3.63, 3.8) is 0 Å². The van der Waals surface area contributed by atoms with Crippen LogP contribution in [0.1, 0.15) is 16.9 Å². The van der Waals surface area contributed by atoms with E-state index in [-0.39, 0.29) is 17.2 Å². The maximum absolute atomic E-state index is 14.6. The number of aryl methyl sites for hydroxylation is 1. The van der Waals surface area contributed by atoms with Crippen LogP contribution in [0.5, 0.6) is 0 Å². The van der Waals surface area contributed by atoms with Crippen LogP contribution in [-0.2, 0) is 4.79 Å². The summed E-state index contributed by atoms with van der Waals surface area (Å²) >= 11 is 0. The number of para-hydroxylation sites is 1. The molecule has 2 heterocycles. The van der Waals surface area contributed by atoms with Crippen molar-refractivity contribution in [1.29, 1.82) is 0 Å². The molecule has 3 aromatic rings. The minimum atomic E-state index is -1.26. The molecule has 2 N–H and O–H groups in total. The number of nitrogens with one attached hydrogen (secondary N) is 2. The number of urea groups is 1. The summed E-state index contributed by atoms with van der Waals surface area (Å²) in [5.74, 6) is -0.0659. The predicted molar refractivity (Wildman–Crippen MR) is 111 cm³/mol. The first kappa shape index (κ1) is 19.4. The molecule has 0 spiro atoms. The Kier molecular flexibility index (Phi) is 5.05. The number of furan rings is 1. The number of fused-ring (bicyclic) bond motifs is 1. The first-order valence-corrected chi connectivity index (χ1v) is 9.27. The zero-order chi connectivity index (χ0) is 21.3. The fourth-order valence-corrected chi connectivity index (χ4v) is 3.26. The zero-order valence-electron chi connectivity index (χ0n) is 16.3. The zero-order valence-corrected chi connectivity index (χ0v) is 16.3. The molecule has 3 amide bonds. The van der Waals surface area contributed by atoms with Gasteiger partial charge in [0.25, 0.3) is 5.91 Å². The molecule has 2 aromatic carbocycles. The molecular weight excluding hydrogens is 387 g/mol. The number of nitrogens with zero attached hydrogens (tertiary/aromatic N) is 2. The van der Waals surface area contributed by atoms with Crippen molar-refractivity contribution in [2.24, 2.45) is 4.99 Å². The highest BCUT2D eigenvalue weighted by molar-refractivity contribution is 6.20. The van der Waals surface area contributed by atoms with Gasteiger partial charge < -0.3 is 14.6 Å². The second-order valence-corrected chi connectivity index (χ2v) is 6.78. The van der Waals surface area contributed by atoms with Gasteiger partial charge in [-0.15, -0.1) is 0 Å².